The van der Waals surface area contributed by atoms with Crippen LogP contribution in [-0.2, 0) is 15.3 Å². The Kier molecular flexibility index (Phi) is 5.64. The van der Waals surface area contributed by atoms with E-state index in [1.54, 1.807) is 13.8 Å². The van der Waals surface area contributed by atoms with Gasteiger partial charge in [0, 0.05) is 5.69 Å². The molecule has 2 rings (SSSR count). The van der Waals surface area contributed by atoms with Gasteiger partial charge in [-0.15, -0.1) is 0 Å². The average molecular weight is 400 g/mol. The highest BCUT2D eigenvalue weighted by Crippen LogP contribution is 2.44. The van der Waals surface area contributed by atoms with Gasteiger partial charge in [0.1, 0.15) is 12.1 Å². The summed E-state index contributed by atoms with van der Waals surface area (Å²) in [7, 11) is -1.95. The van der Waals surface area contributed by atoms with Crippen molar-refractivity contribution in [2.75, 3.05) is 4.90 Å². The molecule has 1 heterocycles. The van der Waals surface area contributed by atoms with Crippen LogP contribution in [-0.4, -0.2) is 32.7 Å². The van der Waals surface area contributed by atoms with E-state index in [1.165, 1.54) is 17.9 Å². The molecule has 1 saturated heterocycles. The number of hydrogen-bond donors (Lipinski definition) is 0. The zero-order valence-electron chi connectivity index (χ0n) is 16.1. The second-order valence-corrected chi connectivity index (χ2v) is 12.1. The predicted octanol–water partition coefficient (Wildman–Crippen LogP) is 5.52. The van der Waals surface area contributed by atoms with E-state index < -0.39 is 50.1 Å². The van der Waals surface area contributed by atoms with Crippen molar-refractivity contribution in [2.24, 2.45) is 0 Å². The number of anilines is 1. The SMILES string of the molecule is [C-]#[N+]c1ccc(N2C(=O)O[C@@H](C)[C@@H]2C(C)O[Si](C)(C)C)c(C)c1C(F)(F)F. The molecule has 3 atom stereocenters. The van der Waals surface area contributed by atoms with Gasteiger partial charge in [-0.3, -0.25) is 4.90 Å². The molecule has 1 fully saturated rings. The molecule has 9 heteroatoms. The maximum absolute atomic E-state index is 13.5. The number of alkyl halides is 3. The Morgan fingerprint density at radius 1 is 1.33 bits per heavy atom. The normalized spacial score (nSPS) is 21.8. The van der Waals surface area contributed by atoms with Gasteiger partial charge in [-0.1, -0.05) is 6.07 Å². The summed E-state index contributed by atoms with van der Waals surface area (Å²) in [6.45, 7) is 17.8. The molecular weight excluding hydrogens is 377 g/mol. The van der Waals surface area contributed by atoms with Gasteiger partial charge in [-0.2, -0.15) is 13.2 Å². The molecule has 148 valence electrons. The number of benzene rings is 1. The van der Waals surface area contributed by atoms with Gasteiger partial charge in [0.25, 0.3) is 0 Å². The van der Waals surface area contributed by atoms with Crippen LogP contribution in [0.2, 0.25) is 19.6 Å². The van der Waals surface area contributed by atoms with E-state index in [1.807, 2.05) is 19.6 Å². The van der Waals surface area contributed by atoms with Crippen LogP contribution in [0.1, 0.15) is 25.0 Å². The number of amides is 1. The minimum absolute atomic E-state index is 0.0834. The first kappa shape index (κ1) is 21.2. The van der Waals surface area contributed by atoms with Gasteiger partial charge in [0.15, 0.2) is 14.0 Å². The molecule has 1 aliphatic rings. The van der Waals surface area contributed by atoms with Crippen molar-refractivity contribution < 1.29 is 27.1 Å². The summed E-state index contributed by atoms with van der Waals surface area (Å²) >= 11 is 0. The van der Waals surface area contributed by atoms with E-state index in [0.717, 1.165) is 6.07 Å². The zero-order valence-corrected chi connectivity index (χ0v) is 17.1. The van der Waals surface area contributed by atoms with E-state index in [2.05, 4.69) is 4.85 Å². The van der Waals surface area contributed by atoms with E-state index >= 15 is 0 Å². The van der Waals surface area contributed by atoms with Crippen LogP contribution in [0, 0.1) is 13.5 Å². The van der Waals surface area contributed by atoms with Crippen molar-refractivity contribution in [3.63, 3.8) is 0 Å². The Labute approximate surface area is 158 Å². The third-order valence-electron chi connectivity index (χ3n) is 4.36. The lowest BCUT2D eigenvalue weighted by Crippen LogP contribution is -2.48. The van der Waals surface area contributed by atoms with Crippen LogP contribution >= 0.6 is 0 Å². The number of hydrogen-bond acceptors (Lipinski definition) is 3. The molecule has 1 amide bonds. The van der Waals surface area contributed by atoms with Crippen LogP contribution in [0.25, 0.3) is 4.85 Å². The van der Waals surface area contributed by atoms with E-state index in [-0.39, 0.29) is 11.3 Å². The van der Waals surface area contributed by atoms with Gasteiger partial charge in [-0.05, 0) is 52.0 Å². The summed E-state index contributed by atoms with van der Waals surface area (Å²) < 4.78 is 51.9. The van der Waals surface area contributed by atoms with Crippen LogP contribution in [0.3, 0.4) is 0 Å². The number of carbonyl (C=O) groups is 1. The van der Waals surface area contributed by atoms with Gasteiger partial charge >= 0.3 is 12.3 Å². The molecule has 0 N–H and O–H groups in total. The molecule has 1 unspecified atom stereocenters. The molecule has 0 saturated carbocycles. The number of cyclic esters (lactones) is 1. The summed E-state index contributed by atoms with van der Waals surface area (Å²) in [6, 6.07) is 1.89. The quantitative estimate of drug-likeness (QED) is 0.494. The summed E-state index contributed by atoms with van der Waals surface area (Å²) in [4.78, 5) is 16.7. The van der Waals surface area contributed by atoms with Gasteiger partial charge in [0.05, 0.1) is 18.2 Å². The van der Waals surface area contributed by atoms with Gasteiger partial charge in [-0.25, -0.2) is 9.64 Å². The Balaban J connectivity index is 2.58. The standard InChI is InChI=1S/C18H23F3N2O3Si/c1-10-14(9-8-13(22-4)15(10)18(19,20)21)23-16(11(2)25-17(23)24)12(3)26-27(5,6)7/h8-9,11-12,16H,1-3,5-7H3/t11-,12?,16+/m0/s1. The van der Waals surface area contributed by atoms with Gasteiger partial charge in [0.2, 0.25) is 0 Å². The monoisotopic (exact) mass is 400 g/mol. The van der Waals surface area contributed by atoms with Gasteiger partial charge < -0.3 is 9.16 Å². The van der Waals surface area contributed by atoms with Crippen molar-refractivity contribution in [1.82, 2.24) is 0 Å². The van der Waals surface area contributed by atoms with Crippen LogP contribution in [0.15, 0.2) is 12.1 Å². The Morgan fingerprint density at radius 3 is 2.41 bits per heavy atom. The van der Waals surface area contributed by atoms with Crippen molar-refractivity contribution in [3.05, 3.63) is 34.7 Å². The third kappa shape index (κ3) is 4.27. The maximum Gasteiger partial charge on any atom is 0.415 e. The molecular formula is C18H23F3N2O3Si. The summed E-state index contributed by atoms with van der Waals surface area (Å²) in [5.41, 5.74) is -1.61. The molecule has 27 heavy (non-hydrogen) atoms. The topological polar surface area (TPSA) is 43.1 Å². The van der Waals surface area contributed by atoms with Crippen molar-refractivity contribution in [1.29, 1.82) is 0 Å². The Bertz CT molecular complexity index is 784. The number of halogens is 3. The summed E-state index contributed by atoms with van der Waals surface area (Å²) in [6.07, 6.45) is -6.39. The van der Waals surface area contributed by atoms with E-state index in [9.17, 15) is 18.0 Å². The van der Waals surface area contributed by atoms with E-state index in [4.69, 9.17) is 15.7 Å². The maximum atomic E-state index is 13.5. The van der Waals surface area contributed by atoms with Crippen molar-refractivity contribution >= 4 is 25.8 Å². The minimum atomic E-state index is -4.70. The Morgan fingerprint density at radius 2 is 1.93 bits per heavy atom. The molecule has 0 radical (unpaired) electrons. The molecule has 0 spiro atoms. The van der Waals surface area contributed by atoms with E-state index in [0.29, 0.717) is 0 Å². The minimum Gasteiger partial charge on any atom is -0.444 e. The summed E-state index contributed by atoms with van der Waals surface area (Å²) in [5.74, 6) is 0. The van der Waals surface area contributed by atoms with Crippen molar-refractivity contribution in [2.45, 2.75) is 64.8 Å². The lowest BCUT2D eigenvalue weighted by Gasteiger charge is -2.34. The fraction of sp³-hybridized carbons (Fsp3) is 0.556. The first-order chi connectivity index (χ1) is 12.3. The second kappa shape index (κ2) is 7.17. The van der Waals surface area contributed by atoms with Crippen LogP contribution in [0.4, 0.5) is 29.3 Å². The fourth-order valence-electron chi connectivity index (χ4n) is 3.49. The lowest BCUT2D eigenvalue weighted by atomic mass is 10.00. The molecule has 1 aliphatic heterocycles. The molecule has 1 aromatic rings. The number of rotatable bonds is 4. The summed E-state index contributed by atoms with van der Waals surface area (Å²) in [5, 5.41) is 0. The smallest absolute Gasteiger partial charge is 0.415 e. The number of ether oxygens (including phenoxy) is 1. The molecule has 5 nitrogen and oxygen atoms in total. The second-order valence-electron chi connectivity index (χ2n) is 7.60. The number of carbonyl (C=O) groups excluding carboxylic acids is 1. The van der Waals surface area contributed by atoms with Crippen molar-refractivity contribution in [3.8, 4) is 0 Å². The first-order valence-electron chi connectivity index (χ1n) is 8.54. The highest BCUT2D eigenvalue weighted by molar-refractivity contribution is 6.69. The highest BCUT2D eigenvalue weighted by Gasteiger charge is 2.46. The zero-order chi connectivity index (χ0) is 20.7. The Hall–Kier alpha value is -2.05. The molecule has 1 aromatic carbocycles. The largest absolute Gasteiger partial charge is 0.444 e. The highest BCUT2D eigenvalue weighted by atomic mass is 28.4. The average Bonchev–Trinajstić information content (AvgIpc) is 2.78. The molecule has 0 aromatic heterocycles. The predicted molar refractivity (Wildman–Crippen MR) is 98.5 cm³/mol. The number of nitrogens with zero attached hydrogens (tertiary/aromatic N) is 2. The third-order valence-corrected chi connectivity index (χ3v) is 5.44. The fourth-order valence-corrected chi connectivity index (χ4v) is 4.75. The first-order valence-corrected chi connectivity index (χ1v) is 11.9. The van der Waals surface area contributed by atoms with Crippen LogP contribution in [0.5, 0.6) is 0 Å². The molecule has 0 aliphatic carbocycles. The molecule has 0 bridgehead atoms. The lowest BCUT2D eigenvalue weighted by molar-refractivity contribution is -0.137. The van der Waals surface area contributed by atoms with Crippen LogP contribution < -0.4 is 4.90 Å².